The van der Waals surface area contributed by atoms with Gasteiger partial charge in [0.1, 0.15) is 5.69 Å². The van der Waals surface area contributed by atoms with Crippen LogP contribution >= 0.6 is 23.4 Å². The number of hydrogen-bond donors (Lipinski definition) is 1. The van der Waals surface area contributed by atoms with Gasteiger partial charge in [-0.15, -0.1) is 0 Å². The monoisotopic (exact) mass is 245 g/mol. The maximum absolute atomic E-state index is 11.0. The van der Waals surface area contributed by atoms with Crippen molar-refractivity contribution in [2.45, 2.75) is 24.6 Å². The Labute approximate surface area is 97.4 Å². The molecule has 0 aromatic carbocycles. The van der Waals surface area contributed by atoms with Gasteiger partial charge < -0.3 is 9.67 Å². The molecule has 15 heavy (non-hydrogen) atoms. The second-order valence-corrected chi connectivity index (χ2v) is 5.61. The van der Waals surface area contributed by atoms with Gasteiger partial charge in [0.05, 0.1) is 5.02 Å². The van der Waals surface area contributed by atoms with Crippen LogP contribution in [0.5, 0.6) is 0 Å². The summed E-state index contributed by atoms with van der Waals surface area (Å²) in [6.07, 6.45) is 2.73. The normalized spacial score (nSPS) is 25.7. The smallest absolute Gasteiger partial charge is 0.352 e. The summed E-state index contributed by atoms with van der Waals surface area (Å²) >= 11 is 7.72. The number of aromatic nitrogens is 1. The molecule has 2 unspecified atom stereocenters. The van der Waals surface area contributed by atoms with Crippen molar-refractivity contribution >= 4 is 29.3 Å². The average molecular weight is 246 g/mol. The van der Waals surface area contributed by atoms with Gasteiger partial charge in [0, 0.05) is 17.5 Å². The molecule has 3 nitrogen and oxygen atoms in total. The summed E-state index contributed by atoms with van der Waals surface area (Å²) in [5, 5.41) is 9.99. The Morgan fingerprint density at radius 3 is 3.00 bits per heavy atom. The second-order valence-electron chi connectivity index (χ2n) is 3.69. The molecule has 0 saturated carbocycles. The number of rotatable bonds is 2. The van der Waals surface area contributed by atoms with Crippen molar-refractivity contribution in [3.8, 4) is 0 Å². The topological polar surface area (TPSA) is 42.2 Å². The van der Waals surface area contributed by atoms with Gasteiger partial charge in [0.2, 0.25) is 0 Å². The minimum Gasteiger partial charge on any atom is -0.477 e. The molecule has 1 fully saturated rings. The molecule has 2 rings (SSSR count). The van der Waals surface area contributed by atoms with E-state index in [0.717, 1.165) is 12.2 Å². The van der Waals surface area contributed by atoms with Crippen LogP contribution in [0.3, 0.4) is 0 Å². The summed E-state index contributed by atoms with van der Waals surface area (Å²) < 4.78 is 1.80. The zero-order valence-corrected chi connectivity index (χ0v) is 9.88. The zero-order chi connectivity index (χ0) is 11.0. The van der Waals surface area contributed by atoms with E-state index in [1.165, 1.54) is 6.07 Å². The third-order valence-corrected chi connectivity index (χ3v) is 4.25. The van der Waals surface area contributed by atoms with Gasteiger partial charge in [0.15, 0.2) is 0 Å². The van der Waals surface area contributed by atoms with Crippen LogP contribution in [0, 0.1) is 0 Å². The fourth-order valence-electron chi connectivity index (χ4n) is 1.98. The molecule has 1 aliphatic heterocycles. The molecular formula is C10H12ClNO2S. The van der Waals surface area contributed by atoms with Crippen molar-refractivity contribution in [3.05, 3.63) is 23.0 Å². The predicted octanol–water partition coefficient (Wildman–Crippen LogP) is 2.91. The number of aromatic carboxylic acids is 1. The molecule has 0 aliphatic carbocycles. The highest BCUT2D eigenvalue weighted by molar-refractivity contribution is 8.00. The molecule has 1 aliphatic rings. The lowest BCUT2D eigenvalue weighted by Crippen LogP contribution is -2.18. The fourth-order valence-corrected chi connectivity index (χ4v) is 3.42. The number of thioether (sulfide) groups is 1. The quantitative estimate of drug-likeness (QED) is 0.871. The van der Waals surface area contributed by atoms with Crippen molar-refractivity contribution in [2.75, 3.05) is 5.75 Å². The van der Waals surface area contributed by atoms with E-state index in [2.05, 4.69) is 6.92 Å². The van der Waals surface area contributed by atoms with Crippen LogP contribution in [-0.2, 0) is 0 Å². The van der Waals surface area contributed by atoms with Gasteiger partial charge in [-0.1, -0.05) is 18.5 Å². The minimum absolute atomic E-state index is 0.258. The van der Waals surface area contributed by atoms with Gasteiger partial charge in [0.25, 0.3) is 0 Å². The molecule has 2 atom stereocenters. The molecule has 2 heterocycles. The van der Waals surface area contributed by atoms with Gasteiger partial charge >= 0.3 is 5.97 Å². The molecule has 0 spiro atoms. The summed E-state index contributed by atoms with van der Waals surface area (Å²) in [5.41, 5.74) is 0.291. The molecule has 82 valence electrons. The number of carboxylic acid groups (broad SMARTS) is 1. The zero-order valence-electron chi connectivity index (χ0n) is 8.31. The molecule has 1 saturated heterocycles. The van der Waals surface area contributed by atoms with Crippen LogP contribution in [0.25, 0.3) is 0 Å². The summed E-state index contributed by atoms with van der Waals surface area (Å²) in [4.78, 5) is 11.0. The SMILES string of the molecule is CC1SCCC1n1cc(Cl)cc1C(=O)O. The number of carbonyl (C=O) groups is 1. The first-order chi connectivity index (χ1) is 7.09. The Hall–Kier alpha value is -0.610. The van der Waals surface area contributed by atoms with E-state index in [4.69, 9.17) is 16.7 Å². The highest BCUT2D eigenvalue weighted by Gasteiger charge is 2.28. The summed E-state index contributed by atoms with van der Waals surface area (Å²) in [6.45, 7) is 2.13. The van der Waals surface area contributed by atoms with Crippen LogP contribution in [-0.4, -0.2) is 26.6 Å². The lowest BCUT2D eigenvalue weighted by Gasteiger charge is -2.18. The molecule has 0 amide bonds. The number of hydrogen-bond acceptors (Lipinski definition) is 2. The maximum Gasteiger partial charge on any atom is 0.352 e. The molecule has 1 N–H and O–H groups in total. The Bertz CT molecular complexity index is 391. The minimum atomic E-state index is -0.911. The van der Waals surface area contributed by atoms with Gasteiger partial charge in [-0.05, 0) is 18.2 Å². The van der Waals surface area contributed by atoms with E-state index >= 15 is 0 Å². The Balaban J connectivity index is 2.38. The van der Waals surface area contributed by atoms with Crippen LogP contribution in [0.4, 0.5) is 0 Å². The fraction of sp³-hybridized carbons (Fsp3) is 0.500. The Morgan fingerprint density at radius 2 is 2.47 bits per heavy atom. The van der Waals surface area contributed by atoms with E-state index in [1.807, 2.05) is 11.8 Å². The third-order valence-electron chi connectivity index (χ3n) is 2.73. The van der Waals surface area contributed by atoms with Crippen molar-refractivity contribution in [1.82, 2.24) is 4.57 Å². The largest absolute Gasteiger partial charge is 0.477 e. The van der Waals surface area contributed by atoms with E-state index in [9.17, 15) is 4.79 Å². The number of halogens is 1. The van der Waals surface area contributed by atoms with Crippen molar-refractivity contribution in [1.29, 1.82) is 0 Å². The highest BCUT2D eigenvalue weighted by Crippen LogP contribution is 2.37. The number of carboxylic acids is 1. The van der Waals surface area contributed by atoms with Gasteiger partial charge in [-0.2, -0.15) is 11.8 Å². The second kappa shape index (κ2) is 4.10. The lowest BCUT2D eigenvalue weighted by atomic mass is 10.1. The van der Waals surface area contributed by atoms with Gasteiger partial charge in [-0.25, -0.2) is 4.79 Å². The molecule has 1 aromatic rings. The maximum atomic E-state index is 11.0. The standard InChI is InChI=1S/C10H12ClNO2S/c1-6-8(2-3-15-6)12-5-7(11)4-9(12)10(13)14/h4-6,8H,2-3H2,1H3,(H,13,14). The first-order valence-corrected chi connectivity index (χ1v) is 6.24. The van der Waals surface area contributed by atoms with Crippen LogP contribution in [0.2, 0.25) is 5.02 Å². The van der Waals surface area contributed by atoms with E-state index in [1.54, 1.807) is 10.8 Å². The van der Waals surface area contributed by atoms with Crippen molar-refractivity contribution in [3.63, 3.8) is 0 Å². The van der Waals surface area contributed by atoms with Crippen LogP contribution in [0.15, 0.2) is 12.3 Å². The van der Waals surface area contributed by atoms with E-state index in [0.29, 0.717) is 16.0 Å². The van der Waals surface area contributed by atoms with Crippen LogP contribution < -0.4 is 0 Å². The first-order valence-electron chi connectivity index (χ1n) is 4.82. The predicted molar refractivity (Wildman–Crippen MR) is 62.0 cm³/mol. The first kappa shape index (κ1) is 10.9. The lowest BCUT2D eigenvalue weighted by molar-refractivity contribution is 0.0682. The molecule has 0 radical (unpaired) electrons. The van der Waals surface area contributed by atoms with Gasteiger partial charge in [-0.3, -0.25) is 0 Å². The Morgan fingerprint density at radius 1 is 1.73 bits per heavy atom. The van der Waals surface area contributed by atoms with Crippen molar-refractivity contribution in [2.24, 2.45) is 0 Å². The molecule has 5 heteroatoms. The molecular weight excluding hydrogens is 234 g/mol. The number of nitrogens with zero attached hydrogens (tertiary/aromatic N) is 1. The third kappa shape index (κ3) is 2.01. The van der Waals surface area contributed by atoms with Crippen LogP contribution in [0.1, 0.15) is 29.9 Å². The highest BCUT2D eigenvalue weighted by atomic mass is 35.5. The molecule has 0 bridgehead atoms. The molecule has 1 aromatic heterocycles. The summed E-state index contributed by atoms with van der Waals surface area (Å²) in [5.74, 6) is 0.173. The summed E-state index contributed by atoms with van der Waals surface area (Å²) in [6, 6.07) is 1.77. The average Bonchev–Trinajstić information content (AvgIpc) is 2.71. The van der Waals surface area contributed by atoms with E-state index < -0.39 is 5.97 Å². The van der Waals surface area contributed by atoms with Crippen molar-refractivity contribution < 1.29 is 9.90 Å². The Kier molecular flexibility index (Phi) is 2.98. The summed E-state index contributed by atoms with van der Waals surface area (Å²) in [7, 11) is 0. The van der Waals surface area contributed by atoms with E-state index in [-0.39, 0.29) is 6.04 Å².